The van der Waals surface area contributed by atoms with Crippen molar-refractivity contribution in [2.45, 2.75) is 25.3 Å². The summed E-state index contributed by atoms with van der Waals surface area (Å²) >= 11 is 5.93. The molecule has 7 heteroatoms. The van der Waals surface area contributed by atoms with Gasteiger partial charge in [-0.25, -0.2) is 13.8 Å². The van der Waals surface area contributed by atoms with Crippen molar-refractivity contribution in [2.24, 2.45) is 11.0 Å². The van der Waals surface area contributed by atoms with E-state index >= 15 is 0 Å². The number of nitrogens with zero attached hydrogens (tertiary/aromatic N) is 2. The molecule has 4 nitrogen and oxygen atoms in total. The highest BCUT2D eigenvalue weighted by molar-refractivity contribution is 6.30. The number of hydrogen-bond acceptors (Lipinski definition) is 3. The summed E-state index contributed by atoms with van der Waals surface area (Å²) in [6.07, 6.45) is 4.59. The summed E-state index contributed by atoms with van der Waals surface area (Å²) in [6, 6.07) is 18.9. The smallest absolute Gasteiger partial charge is 0.281 e. The Labute approximate surface area is 207 Å². The third kappa shape index (κ3) is 5.13. The van der Waals surface area contributed by atoms with Gasteiger partial charge >= 0.3 is 0 Å². The number of hydrogen-bond donors (Lipinski definition) is 0. The van der Waals surface area contributed by atoms with Crippen molar-refractivity contribution >= 4 is 29.3 Å². The SMILES string of the molecule is O=C(COc1ccc(Cl)cc1)N1N=C2/C(=C\c3ccc(F)cc3)CCC[C@@H]2[C@H]1c1ccc(F)cc1. The lowest BCUT2D eigenvalue weighted by atomic mass is 9.77. The number of amides is 1. The highest BCUT2D eigenvalue weighted by Crippen LogP contribution is 2.44. The molecule has 3 aromatic carbocycles. The zero-order valence-electron chi connectivity index (χ0n) is 18.8. The lowest BCUT2D eigenvalue weighted by Gasteiger charge is -2.29. The Kier molecular flexibility index (Phi) is 6.64. The zero-order valence-corrected chi connectivity index (χ0v) is 19.6. The van der Waals surface area contributed by atoms with Gasteiger partial charge in [-0.1, -0.05) is 35.9 Å². The molecule has 1 fully saturated rings. The van der Waals surface area contributed by atoms with Crippen molar-refractivity contribution in [3.05, 3.63) is 106 Å². The quantitative estimate of drug-likeness (QED) is 0.392. The zero-order chi connectivity index (χ0) is 24.4. The largest absolute Gasteiger partial charge is 0.484 e. The molecule has 0 unspecified atom stereocenters. The van der Waals surface area contributed by atoms with Crippen LogP contribution in [0.4, 0.5) is 8.78 Å². The minimum Gasteiger partial charge on any atom is -0.484 e. The van der Waals surface area contributed by atoms with E-state index in [4.69, 9.17) is 21.4 Å². The summed E-state index contributed by atoms with van der Waals surface area (Å²) in [7, 11) is 0. The summed E-state index contributed by atoms with van der Waals surface area (Å²) in [5.41, 5.74) is 3.56. The van der Waals surface area contributed by atoms with Crippen molar-refractivity contribution in [3.8, 4) is 5.75 Å². The van der Waals surface area contributed by atoms with Crippen molar-refractivity contribution in [2.75, 3.05) is 6.61 Å². The molecule has 2 atom stereocenters. The molecule has 5 rings (SSSR count). The van der Waals surface area contributed by atoms with Crippen LogP contribution >= 0.6 is 11.6 Å². The molecule has 0 spiro atoms. The van der Waals surface area contributed by atoms with E-state index in [0.29, 0.717) is 10.8 Å². The standard InChI is InChI=1S/C28H23ClF2N2O2/c29-21-8-14-24(15-9-21)35-17-26(34)33-28(19-6-12-23(31)13-7-19)25-3-1-2-20(27(25)32-33)16-18-4-10-22(30)11-5-18/h4-16,25,28H,1-3,17H2/b20-16-/t25-,28+/m0/s1. The predicted molar refractivity (Wildman–Crippen MR) is 132 cm³/mol. The van der Waals surface area contributed by atoms with Crippen LogP contribution in [0.15, 0.2) is 83.5 Å². The van der Waals surface area contributed by atoms with Gasteiger partial charge in [-0.2, -0.15) is 5.10 Å². The second-order valence-electron chi connectivity index (χ2n) is 8.68. The highest BCUT2D eigenvalue weighted by Gasteiger charge is 2.43. The number of fused-ring (bicyclic) bond motifs is 1. The Bertz CT molecular complexity index is 1270. The lowest BCUT2D eigenvalue weighted by Crippen LogP contribution is -2.34. The third-order valence-corrected chi connectivity index (χ3v) is 6.61. The van der Waals surface area contributed by atoms with E-state index in [-0.39, 0.29) is 36.1 Å². The summed E-state index contributed by atoms with van der Waals surface area (Å²) in [5.74, 6) is -0.418. The molecule has 1 aliphatic carbocycles. The van der Waals surface area contributed by atoms with E-state index in [1.165, 1.54) is 29.3 Å². The van der Waals surface area contributed by atoms with Crippen molar-refractivity contribution in [1.82, 2.24) is 5.01 Å². The fourth-order valence-corrected chi connectivity index (χ4v) is 4.83. The van der Waals surface area contributed by atoms with Crippen LogP contribution in [0.25, 0.3) is 6.08 Å². The molecular formula is C28H23ClF2N2O2. The van der Waals surface area contributed by atoms with Gasteiger partial charge in [0, 0.05) is 10.9 Å². The molecule has 0 bridgehead atoms. The van der Waals surface area contributed by atoms with E-state index in [2.05, 4.69) is 0 Å². The molecule has 0 N–H and O–H groups in total. The van der Waals surface area contributed by atoms with Gasteiger partial charge in [0.05, 0.1) is 11.8 Å². The number of halogens is 3. The molecule has 35 heavy (non-hydrogen) atoms. The topological polar surface area (TPSA) is 41.9 Å². The summed E-state index contributed by atoms with van der Waals surface area (Å²) in [5, 5.41) is 6.83. The minimum atomic E-state index is -0.358. The minimum absolute atomic E-state index is 0.0274. The molecule has 0 aromatic heterocycles. The van der Waals surface area contributed by atoms with Gasteiger partial charge in [0.15, 0.2) is 6.61 Å². The van der Waals surface area contributed by atoms with Gasteiger partial charge in [0.25, 0.3) is 5.91 Å². The fraction of sp³-hybridized carbons (Fsp3) is 0.214. The van der Waals surface area contributed by atoms with Gasteiger partial charge < -0.3 is 4.74 Å². The Hall–Kier alpha value is -3.51. The number of rotatable bonds is 5. The van der Waals surface area contributed by atoms with E-state index in [0.717, 1.165) is 41.7 Å². The molecule has 3 aromatic rings. The Morgan fingerprint density at radius 1 is 1.00 bits per heavy atom. The first kappa shape index (κ1) is 23.2. The van der Waals surface area contributed by atoms with Crippen LogP contribution < -0.4 is 4.74 Å². The molecule has 1 heterocycles. The monoisotopic (exact) mass is 492 g/mol. The van der Waals surface area contributed by atoms with Crippen LogP contribution in [0.3, 0.4) is 0 Å². The van der Waals surface area contributed by atoms with E-state index in [1.807, 2.05) is 6.08 Å². The molecule has 0 saturated heterocycles. The maximum Gasteiger partial charge on any atom is 0.281 e. The number of benzene rings is 3. The Morgan fingerprint density at radius 2 is 1.66 bits per heavy atom. The van der Waals surface area contributed by atoms with Crippen LogP contribution in [-0.2, 0) is 4.79 Å². The summed E-state index contributed by atoms with van der Waals surface area (Å²) < 4.78 is 32.7. The van der Waals surface area contributed by atoms with E-state index in [1.54, 1.807) is 48.5 Å². The van der Waals surface area contributed by atoms with Gasteiger partial charge in [0.2, 0.25) is 0 Å². The van der Waals surface area contributed by atoms with Crippen LogP contribution in [0.5, 0.6) is 5.75 Å². The first-order valence-corrected chi connectivity index (χ1v) is 11.9. The Morgan fingerprint density at radius 3 is 2.34 bits per heavy atom. The Balaban J connectivity index is 1.46. The molecule has 2 aliphatic rings. The third-order valence-electron chi connectivity index (χ3n) is 6.36. The maximum atomic E-state index is 13.7. The van der Waals surface area contributed by atoms with Crippen molar-refractivity contribution < 1.29 is 18.3 Å². The molecule has 1 aliphatic heterocycles. The summed E-state index contributed by atoms with van der Waals surface area (Å²) in [6.45, 7) is -0.195. The normalized spacial score (nSPS) is 20.5. The van der Waals surface area contributed by atoms with Crippen molar-refractivity contribution in [1.29, 1.82) is 0 Å². The van der Waals surface area contributed by atoms with Crippen LogP contribution in [0.2, 0.25) is 5.02 Å². The number of ether oxygens (including phenoxy) is 1. The fourth-order valence-electron chi connectivity index (χ4n) is 4.70. The second kappa shape index (κ2) is 10.0. The molecule has 178 valence electrons. The summed E-state index contributed by atoms with van der Waals surface area (Å²) in [4.78, 5) is 13.3. The predicted octanol–water partition coefficient (Wildman–Crippen LogP) is 6.82. The van der Waals surface area contributed by atoms with Crippen LogP contribution in [-0.4, -0.2) is 23.2 Å². The number of allylic oxidation sites excluding steroid dienone is 1. The van der Waals surface area contributed by atoms with Gasteiger partial charge in [-0.15, -0.1) is 0 Å². The molecule has 1 amide bonds. The lowest BCUT2D eigenvalue weighted by molar-refractivity contribution is -0.135. The van der Waals surface area contributed by atoms with Gasteiger partial charge in [-0.05, 0) is 90.6 Å². The van der Waals surface area contributed by atoms with E-state index < -0.39 is 0 Å². The number of carbonyl (C=O) groups excluding carboxylic acids is 1. The average molecular weight is 493 g/mol. The number of hydrazone groups is 1. The van der Waals surface area contributed by atoms with Crippen LogP contribution in [0.1, 0.15) is 36.4 Å². The van der Waals surface area contributed by atoms with Crippen LogP contribution in [0, 0.1) is 17.6 Å². The second-order valence-corrected chi connectivity index (χ2v) is 9.12. The van der Waals surface area contributed by atoms with Crippen molar-refractivity contribution in [3.63, 3.8) is 0 Å². The number of carbonyl (C=O) groups is 1. The molecule has 0 radical (unpaired) electrons. The highest BCUT2D eigenvalue weighted by atomic mass is 35.5. The average Bonchev–Trinajstić information content (AvgIpc) is 3.26. The first-order valence-electron chi connectivity index (χ1n) is 11.5. The molecule has 1 saturated carbocycles. The van der Waals surface area contributed by atoms with Gasteiger partial charge in [0.1, 0.15) is 17.4 Å². The molecular weight excluding hydrogens is 470 g/mol. The maximum absolute atomic E-state index is 13.7. The first-order chi connectivity index (χ1) is 17.0. The van der Waals surface area contributed by atoms with E-state index in [9.17, 15) is 13.6 Å². The van der Waals surface area contributed by atoms with Gasteiger partial charge in [-0.3, -0.25) is 4.79 Å².